The zero-order chi connectivity index (χ0) is 41.5. The summed E-state index contributed by atoms with van der Waals surface area (Å²) in [5.41, 5.74) is 18.6. The molecule has 2 aliphatic carbocycles. The summed E-state index contributed by atoms with van der Waals surface area (Å²) in [7, 11) is -2.75. The van der Waals surface area contributed by atoms with Gasteiger partial charge >= 0.3 is 0 Å². The Hall–Kier alpha value is -7.78. The largest absolute Gasteiger partial charge is 0.310 e. The van der Waals surface area contributed by atoms with Gasteiger partial charge in [-0.2, -0.15) is 0 Å². The maximum atomic E-state index is 2.55. The van der Waals surface area contributed by atoms with Crippen molar-refractivity contribution >= 4 is 45.9 Å². The summed E-state index contributed by atoms with van der Waals surface area (Å²) < 4.78 is 0. The second-order valence-electron chi connectivity index (χ2n) is 17.1. The molecule has 0 N–H and O–H groups in total. The van der Waals surface area contributed by atoms with Crippen LogP contribution in [0.4, 0.5) is 17.1 Å². The molecular formula is C61H41NSi. The molecular weight excluding hydrogens is 775 g/mol. The molecule has 2 heteroatoms. The maximum Gasteiger partial charge on any atom is 0.180 e. The SMILES string of the molecule is c1ccc(-c2ccc(N(c3ccc4c(c3)C3(c5ccccc5-c5ccccc53)c3ccccc3-4)c3cccc4c3-c3ccccc3[Si]4(c3ccccc3)c3ccccc3)cc2)cc1. The fraction of sp³-hybridized carbons (Fsp3) is 0.0164. The van der Waals surface area contributed by atoms with Crippen LogP contribution in [-0.4, -0.2) is 8.07 Å². The molecule has 1 heterocycles. The van der Waals surface area contributed by atoms with Gasteiger partial charge in [-0.15, -0.1) is 0 Å². The van der Waals surface area contributed by atoms with E-state index in [0.717, 1.165) is 11.4 Å². The van der Waals surface area contributed by atoms with Gasteiger partial charge in [-0.3, -0.25) is 0 Å². The summed E-state index contributed by atoms with van der Waals surface area (Å²) in [4.78, 5) is 2.55. The number of nitrogens with zero attached hydrogens (tertiary/aromatic N) is 1. The molecule has 294 valence electrons. The van der Waals surface area contributed by atoms with Crippen LogP contribution < -0.4 is 25.6 Å². The van der Waals surface area contributed by atoms with Gasteiger partial charge in [-0.1, -0.05) is 218 Å². The van der Waals surface area contributed by atoms with Gasteiger partial charge in [0.15, 0.2) is 8.07 Å². The summed E-state index contributed by atoms with van der Waals surface area (Å²) in [6.07, 6.45) is 0. The van der Waals surface area contributed by atoms with Gasteiger partial charge in [0.2, 0.25) is 0 Å². The standard InChI is InChI=1S/C61H41NSi/c1-4-19-42(20-5-1)43-35-37-44(38-36-43)62(57-32-18-34-59-60(57)52-28-13-17-33-58(52)63(59,46-21-6-2-7-22-46)47-23-8-3-9-24-47)45-39-40-51-50-27-12-16-31-55(50)61(56(51)41-45)53-29-14-10-25-48(53)49-26-11-15-30-54(49)61/h1-41H. The van der Waals surface area contributed by atoms with E-state index in [2.05, 4.69) is 254 Å². The highest BCUT2D eigenvalue weighted by Gasteiger charge is 2.52. The predicted octanol–water partition coefficient (Wildman–Crippen LogP) is 12.5. The van der Waals surface area contributed by atoms with E-state index < -0.39 is 13.5 Å². The van der Waals surface area contributed by atoms with Crippen molar-refractivity contribution in [2.45, 2.75) is 5.41 Å². The topological polar surface area (TPSA) is 3.24 Å². The fourth-order valence-electron chi connectivity index (χ4n) is 11.7. The van der Waals surface area contributed by atoms with Gasteiger partial charge in [0.05, 0.1) is 11.1 Å². The van der Waals surface area contributed by atoms with E-state index >= 15 is 0 Å². The van der Waals surface area contributed by atoms with Gasteiger partial charge < -0.3 is 4.90 Å². The van der Waals surface area contributed by atoms with Gasteiger partial charge in [0.1, 0.15) is 0 Å². The number of benzene rings is 10. The molecule has 0 fully saturated rings. The maximum absolute atomic E-state index is 2.75. The zero-order valence-electron chi connectivity index (χ0n) is 34.6. The average Bonchev–Trinajstić information content (AvgIpc) is 3.96. The van der Waals surface area contributed by atoms with E-state index in [-0.39, 0.29) is 0 Å². The lowest BCUT2D eigenvalue weighted by Gasteiger charge is -2.33. The average molecular weight is 816 g/mol. The highest BCUT2D eigenvalue weighted by molar-refractivity contribution is 7.22. The number of hydrogen-bond donors (Lipinski definition) is 0. The first kappa shape index (κ1) is 35.9. The molecule has 0 saturated heterocycles. The van der Waals surface area contributed by atoms with Crippen molar-refractivity contribution < 1.29 is 0 Å². The van der Waals surface area contributed by atoms with E-state index in [4.69, 9.17) is 0 Å². The van der Waals surface area contributed by atoms with Crippen LogP contribution in [0.15, 0.2) is 249 Å². The molecule has 0 saturated carbocycles. The van der Waals surface area contributed by atoms with Crippen LogP contribution in [0, 0.1) is 0 Å². The molecule has 1 spiro atoms. The van der Waals surface area contributed by atoms with Crippen molar-refractivity contribution in [3.8, 4) is 44.5 Å². The quantitative estimate of drug-likeness (QED) is 0.151. The van der Waals surface area contributed by atoms with E-state index in [1.807, 2.05) is 0 Å². The Kier molecular flexibility index (Phi) is 7.91. The third kappa shape index (κ3) is 4.93. The van der Waals surface area contributed by atoms with Gasteiger partial charge in [0, 0.05) is 16.9 Å². The van der Waals surface area contributed by atoms with Crippen molar-refractivity contribution in [3.05, 3.63) is 271 Å². The molecule has 1 aliphatic heterocycles. The Balaban J connectivity index is 1.10. The molecule has 0 atom stereocenters. The van der Waals surface area contributed by atoms with Crippen molar-refractivity contribution in [3.63, 3.8) is 0 Å². The van der Waals surface area contributed by atoms with E-state index in [0.29, 0.717) is 0 Å². The van der Waals surface area contributed by atoms with Gasteiger partial charge in [-0.05, 0) is 112 Å². The van der Waals surface area contributed by atoms with Crippen LogP contribution >= 0.6 is 0 Å². The molecule has 0 aromatic heterocycles. The first-order chi connectivity index (χ1) is 31.3. The lowest BCUT2D eigenvalue weighted by molar-refractivity contribution is 0.793. The summed E-state index contributed by atoms with van der Waals surface area (Å²) >= 11 is 0. The van der Waals surface area contributed by atoms with Gasteiger partial charge in [0.25, 0.3) is 0 Å². The molecule has 3 aliphatic rings. The molecule has 0 radical (unpaired) electrons. The van der Waals surface area contributed by atoms with Crippen LogP contribution in [0.25, 0.3) is 44.5 Å². The third-order valence-electron chi connectivity index (χ3n) is 14.2. The van der Waals surface area contributed by atoms with Crippen LogP contribution in [0.1, 0.15) is 22.3 Å². The molecule has 1 nitrogen and oxygen atoms in total. The second kappa shape index (κ2) is 13.9. The fourth-order valence-corrected chi connectivity index (χ4v) is 16.9. The van der Waals surface area contributed by atoms with Crippen molar-refractivity contribution in [1.82, 2.24) is 0 Å². The molecule has 10 aromatic carbocycles. The monoisotopic (exact) mass is 815 g/mol. The van der Waals surface area contributed by atoms with Crippen LogP contribution in [0.5, 0.6) is 0 Å². The number of anilines is 3. The molecule has 0 unspecified atom stereocenters. The van der Waals surface area contributed by atoms with Crippen molar-refractivity contribution in [2.24, 2.45) is 0 Å². The Morgan fingerprint density at radius 2 is 0.746 bits per heavy atom. The third-order valence-corrected chi connectivity index (χ3v) is 19.0. The minimum atomic E-state index is -2.75. The summed E-state index contributed by atoms with van der Waals surface area (Å²) in [6.45, 7) is 0. The molecule has 0 bridgehead atoms. The Morgan fingerprint density at radius 3 is 1.33 bits per heavy atom. The summed E-state index contributed by atoms with van der Waals surface area (Å²) in [5, 5.41) is 5.66. The molecule has 13 rings (SSSR count). The van der Waals surface area contributed by atoms with E-state index in [1.165, 1.54) is 93.2 Å². The minimum Gasteiger partial charge on any atom is -0.310 e. The van der Waals surface area contributed by atoms with Crippen LogP contribution in [0.3, 0.4) is 0 Å². The Labute approximate surface area is 369 Å². The first-order valence-electron chi connectivity index (χ1n) is 22.0. The molecule has 63 heavy (non-hydrogen) atoms. The summed E-state index contributed by atoms with van der Waals surface area (Å²) in [5.74, 6) is 0. The van der Waals surface area contributed by atoms with E-state index in [1.54, 1.807) is 0 Å². The lowest BCUT2D eigenvalue weighted by Crippen LogP contribution is -2.72. The number of fused-ring (bicyclic) bond motifs is 13. The smallest absolute Gasteiger partial charge is 0.180 e. The lowest BCUT2D eigenvalue weighted by atomic mass is 9.70. The first-order valence-corrected chi connectivity index (χ1v) is 24.0. The Bertz CT molecular complexity index is 3290. The minimum absolute atomic E-state index is 0.452. The van der Waals surface area contributed by atoms with Crippen LogP contribution in [0.2, 0.25) is 0 Å². The van der Waals surface area contributed by atoms with E-state index in [9.17, 15) is 0 Å². The highest BCUT2D eigenvalue weighted by Crippen LogP contribution is 2.63. The zero-order valence-corrected chi connectivity index (χ0v) is 35.6. The molecule has 10 aromatic rings. The van der Waals surface area contributed by atoms with Crippen molar-refractivity contribution in [2.75, 3.05) is 4.90 Å². The van der Waals surface area contributed by atoms with Gasteiger partial charge in [-0.25, -0.2) is 0 Å². The predicted molar refractivity (Wildman–Crippen MR) is 265 cm³/mol. The number of hydrogen-bond acceptors (Lipinski definition) is 1. The van der Waals surface area contributed by atoms with Crippen LogP contribution in [-0.2, 0) is 5.41 Å². The summed E-state index contributed by atoms with van der Waals surface area (Å²) in [6, 6.07) is 93.5. The molecule has 0 amide bonds. The normalized spacial score (nSPS) is 14.0. The van der Waals surface area contributed by atoms with Crippen molar-refractivity contribution in [1.29, 1.82) is 0 Å². The highest BCUT2D eigenvalue weighted by atomic mass is 28.3. The number of rotatable bonds is 6. The Morgan fingerprint density at radius 1 is 0.302 bits per heavy atom. The second-order valence-corrected chi connectivity index (χ2v) is 20.8.